The van der Waals surface area contributed by atoms with Crippen molar-refractivity contribution in [2.24, 2.45) is 11.8 Å². The standard InChI is InChI=1S/C22H22ClN3O2/c1-14-11-18(14)22(28)25-10-9-21(27)26-16-7-8-17(20(23)12-16)19(13-24)15-5-3-2-4-6-15/h2-8,12,14,18-19H,9-11H2,1H3,(H,25,28)(H,26,27). The second-order valence-corrected chi connectivity index (χ2v) is 7.52. The van der Waals surface area contributed by atoms with Crippen LogP contribution in [0, 0.1) is 23.2 Å². The average Bonchev–Trinajstić information content (AvgIpc) is 3.41. The minimum Gasteiger partial charge on any atom is -0.355 e. The Morgan fingerprint density at radius 3 is 2.57 bits per heavy atom. The van der Waals surface area contributed by atoms with Gasteiger partial charge in [-0.2, -0.15) is 5.26 Å². The predicted octanol–water partition coefficient (Wildman–Crippen LogP) is 4.10. The van der Waals surface area contributed by atoms with Crippen molar-refractivity contribution < 1.29 is 9.59 Å². The molecule has 3 unspecified atom stereocenters. The van der Waals surface area contributed by atoms with Gasteiger partial charge in [-0.25, -0.2) is 0 Å². The van der Waals surface area contributed by atoms with E-state index in [1.165, 1.54) is 0 Å². The van der Waals surface area contributed by atoms with Gasteiger partial charge < -0.3 is 10.6 Å². The Balaban J connectivity index is 1.57. The van der Waals surface area contributed by atoms with Crippen LogP contribution in [0.15, 0.2) is 48.5 Å². The van der Waals surface area contributed by atoms with Crippen molar-refractivity contribution >= 4 is 29.1 Å². The van der Waals surface area contributed by atoms with E-state index in [-0.39, 0.29) is 24.2 Å². The number of hydrogen-bond donors (Lipinski definition) is 2. The van der Waals surface area contributed by atoms with Gasteiger partial charge in [0, 0.05) is 29.6 Å². The third kappa shape index (κ3) is 4.90. The summed E-state index contributed by atoms with van der Waals surface area (Å²) in [6.07, 6.45) is 1.12. The van der Waals surface area contributed by atoms with Crippen molar-refractivity contribution in [1.29, 1.82) is 5.26 Å². The number of hydrogen-bond acceptors (Lipinski definition) is 3. The Morgan fingerprint density at radius 2 is 1.96 bits per heavy atom. The van der Waals surface area contributed by atoms with Gasteiger partial charge in [-0.1, -0.05) is 54.9 Å². The Hall–Kier alpha value is -2.84. The number of carbonyl (C=O) groups is 2. The van der Waals surface area contributed by atoms with E-state index < -0.39 is 5.92 Å². The number of anilines is 1. The second-order valence-electron chi connectivity index (χ2n) is 7.12. The maximum absolute atomic E-state index is 12.1. The first-order chi connectivity index (χ1) is 13.5. The maximum Gasteiger partial charge on any atom is 0.226 e. The van der Waals surface area contributed by atoms with Gasteiger partial charge in [0.2, 0.25) is 11.8 Å². The van der Waals surface area contributed by atoms with Crippen molar-refractivity contribution in [3.8, 4) is 6.07 Å². The lowest BCUT2D eigenvalue weighted by Gasteiger charge is -2.13. The van der Waals surface area contributed by atoms with E-state index in [9.17, 15) is 14.9 Å². The fourth-order valence-electron chi connectivity index (χ4n) is 3.15. The van der Waals surface area contributed by atoms with E-state index in [2.05, 4.69) is 16.7 Å². The van der Waals surface area contributed by atoms with E-state index in [1.54, 1.807) is 18.2 Å². The molecular formula is C22H22ClN3O2. The summed E-state index contributed by atoms with van der Waals surface area (Å²) in [5, 5.41) is 15.5. The zero-order chi connectivity index (χ0) is 20.1. The molecule has 0 radical (unpaired) electrons. The van der Waals surface area contributed by atoms with Crippen molar-refractivity contribution in [2.45, 2.75) is 25.7 Å². The molecule has 2 N–H and O–H groups in total. The van der Waals surface area contributed by atoms with Crippen molar-refractivity contribution in [3.63, 3.8) is 0 Å². The molecule has 0 heterocycles. The monoisotopic (exact) mass is 395 g/mol. The molecule has 1 aliphatic rings. The van der Waals surface area contributed by atoms with Crippen LogP contribution in [0.25, 0.3) is 0 Å². The molecule has 6 heteroatoms. The van der Waals surface area contributed by atoms with Crippen LogP contribution in [0.1, 0.15) is 36.8 Å². The molecule has 5 nitrogen and oxygen atoms in total. The zero-order valence-corrected chi connectivity index (χ0v) is 16.4. The van der Waals surface area contributed by atoms with E-state index >= 15 is 0 Å². The molecule has 144 valence electrons. The number of nitrogens with one attached hydrogen (secondary N) is 2. The lowest BCUT2D eigenvalue weighted by atomic mass is 9.92. The van der Waals surface area contributed by atoms with Crippen LogP contribution in [-0.2, 0) is 9.59 Å². The van der Waals surface area contributed by atoms with Crippen LogP contribution in [0.5, 0.6) is 0 Å². The van der Waals surface area contributed by atoms with Crippen LogP contribution in [0.4, 0.5) is 5.69 Å². The van der Waals surface area contributed by atoms with E-state index in [0.29, 0.717) is 28.7 Å². The third-order valence-corrected chi connectivity index (χ3v) is 5.28. The molecule has 0 aliphatic heterocycles. The van der Waals surface area contributed by atoms with E-state index in [0.717, 1.165) is 12.0 Å². The van der Waals surface area contributed by atoms with Crippen LogP contribution in [0.3, 0.4) is 0 Å². The Kier molecular flexibility index (Phi) is 6.33. The summed E-state index contributed by atoms with van der Waals surface area (Å²) in [4.78, 5) is 23.9. The van der Waals surface area contributed by atoms with Gasteiger partial charge in [0.05, 0.1) is 12.0 Å². The van der Waals surface area contributed by atoms with Crippen molar-refractivity contribution in [2.75, 3.05) is 11.9 Å². The van der Waals surface area contributed by atoms with Gasteiger partial charge in [-0.05, 0) is 35.6 Å². The van der Waals surface area contributed by atoms with E-state index in [1.807, 2.05) is 37.3 Å². The summed E-state index contributed by atoms with van der Waals surface area (Å²) >= 11 is 6.38. The highest BCUT2D eigenvalue weighted by molar-refractivity contribution is 6.31. The lowest BCUT2D eigenvalue weighted by Crippen LogP contribution is -2.29. The first-order valence-electron chi connectivity index (χ1n) is 9.31. The lowest BCUT2D eigenvalue weighted by molar-refractivity contribution is -0.122. The van der Waals surface area contributed by atoms with Crippen LogP contribution < -0.4 is 10.6 Å². The summed E-state index contributed by atoms with van der Waals surface area (Å²) in [5.41, 5.74) is 2.12. The molecule has 0 saturated heterocycles. The van der Waals surface area contributed by atoms with Crippen molar-refractivity contribution in [1.82, 2.24) is 5.32 Å². The minimum absolute atomic E-state index is 0.0242. The van der Waals surface area contributed by atoms with Gasteiger partial charge in [-0.15, -0.1) is 0 Å². The largest absolute Gasteiger partial charge is 0.355 e. The Labute approximate surface area is 169 Å². The number of carbonyl (C=O) groups excluding carboxylic acids is 2. The molecule has 0 aromatic heterocycles. The number of nitrogens with zero attached hydrogens (tertiary/aromatic N) is 1. The number of amides is 2. The molecule has 3 rings (SSSR count). The zero-order valence-electron chi connectivity index (χ0n) is 15.6. The third-order valence-electron chi connectivity index (χ3n) is 4.95. The summed E-state index contributed by atoms with van der Waals surface area (Å²) in [7, 11) is 0. The minimum atomic E-state index is -0.474. The highest BCUT2D eigenvalue weighted by atomic mass is 35.5. The molecule has 2 amide bonds. The average molecular weight is 396 g/mol. The Bertz CT molecular complexity index is 908. The fraction of sp³-hybridized carbons (Fsp3) is 0.318. The predicted molar refractivity (Wildman–Crippen MR) is 109 cm³/mol. The Morgan fingerprint density at radius 1 is 1.25 bits per heavy atom. The number of halogens is 1. The SMILES string of the molecule is CC1CC1C(=O)NCCC(=O)Nc1ccc(C(C#N)c2ccccc2)c(Cl)c1. The van der Waals surface area contributed by atoms with Gasteiger partial charge in [-0.3, -0.25) is 9.59 Å². The first-order valence-corrected chi connectivity index (χ1v) is 9.69. The molecule has 3 atom stereocenters. The normalized spacial score (nSPS) is 18.6. The number of nitriles is 1. The second kappa shape index (κ2) is 8.90. The molecule has 1 aliphatic carbocycles. The van der Waals surface area contributed by atoms with Gasteiger partial charge >= 0.3 is 0 Å². The highest BCUT2D eigenvalue weighted by Crippen LogP contribution is 2.37. The highest BCUT2D eigenvalue weighted by Gasteiger charge is 2.38. The molecular weight excluding hydrogens is 374 g/mol. The molecule has 0 bridgehead atoms. The van der Waals surface area contributed by atoms with E-state index in [4.69, 9.17) is 11.6 Å². The quantitative estimate of drug-likeness (QED) is 0.740. The summed E-state index contributed by atoms with van der Waals surface area (Å²) in [5.74, 6) is -0.0998. The molecule has 28 heavy (non-hydrogen) atoms. The van der Waals surface area contributed by atoms with Crippen molar-refractivity contribution in [3.05, 3.63) is 64.7 Å². The number of rotatable bonds is 7. The smallest absolute Gasteiger partial charge is 0.226 e. The first kappa shape index (κ1) is 19.9. The topological polar surface area (TPSA) is 82.0 Å². The van der Waals surface area contributed by atoms with Crippen LogP contribution in [-0.4, -0.2) is 18.4 Å². The van der Waals surface area contributed by atoms with Gasteiger partial charge in [0.15, 0.2) is 0 Å². The van der Waals surface area contributed by atoms with Gasteiger partial charge in [0.25, 0.3) is 0 Å². The molecule has 1 saturated carbocycles. The molecule has 2 aromatic rings. The van der Waals surface area contributed by atoms with Crippen LogP contribution in [0.2, 0.25) is 5.02 Å². The summed E-state index contributed by atoms with van der Waals surface area (Å²) in [6.45, 7) is 2.35. The maximum atomic E-state index is 12.1. The fourth-order valence-corrected chi connectivity index (χ4v) is 3.44. The summed E-state index contributed by atoms with van der Waals surface area (Å²) in [6, 6.07) is 16.8. The molecule has 0 spiro atoms. The summed E-state index contributed by atoms with van der Waals surface area (Å²) < 4.78 is 0. The van der Waals surface area contributed by atoms with Gasteiger partial charge in [0.1, 0.15) is 0 Å². The number of benzene rings is 2. The molecule has 1 fully saturated rings. The van der Waals surface area contributed by atoms with Crippen LogP contribution >= 0.6 is 11.6 Å². The molecule has 2 aromatic carbocycles.